The predicted molar refractivity (Wildman–Crippen MR) is 217 cm³/mol. The van der Waals surface area contributed by atoms with E-state index in [9.17, 15) is 19.2 Å². The number of rotatable bonds is 8. The van der Waals surface area contributed by atoms with Crippen molar-refractivity contribution in [3.63, 3.8) is 0 Å². The fourth-order valence-corrected chi connectivity index (χ4v) is 7.72. The third-order valence-corrected chi connectivity index (χ3v) is 10.4. The van der Waals surface area contributed by atoms with E-state index in [1.807, 2.05) is 51.1 Å². The van der Waals surface area contributed by atoms with E-state index >= 15 is 0 Å². The van der Waals surface area contributed by atoms with E-state index in [-0.39, 0.29) is 35.7 Å². The number of carbonyl (C=O) groups excluding carboxylic acids is 4. The van der Waals surface area contributed by atoms with Crippen LogP contribution in [-0.2, 0) is 19.1 Å². The average molecular weight is 796 g/mol. The van der Waals surface area contributed by atoms with Gasteiger partial charge in [-0.1, -0.05) is 41.9 Å². The molecule has 3 heterocycles. The molecule has 4 aromatic rings. The Kier molecular flexibility index (Phi) is 12.5. The number of benzene rings is 3. The highest BCUT2D eigenvalue weighted by atomic mass is 35.5. The highest BCUT2D eigenvalue weighted by molar-refractivity contribution is 6.30. The van der Waals surface area contributed by atoms with E-state index in [1.54, 1.807) is 79.1 Å². The summed E-state index contributed by atoms with van der Waals surface area (Å²) in [6, 6.07) is 20.6. The Hall–Kier alpha value is -5.56. The fourth-order valence-electron chi connectivity index (χ4n) is 7.54. The van der Waals surface area contributed by atoms with Gasteiger partial charge in [-0.3, -0.25) is 9.59 Å². The van der Waals surface area contributed by atoms with Gasteiger partial charge >= 0.3 is 12.1 Å². The van der Waals surface area contributed by atoms with Crippen LogP contribution in [0.1, 0.15) is 88.2 Å². The van der Waals surface area contributed by atoms with Crippen LogP contribution in [0.5, 0.6) is 0 Å². The summed E-state index contributed by atoms with van der Waals surface area (Å²) < 4.78 is 12.6. The van der Waals surface area contributed by atoms with Crippen LogP contribution in [0.2, 0.25) is 5.02 Å². The van der Waals surface area contributed by atoms with Crippen molar-refractivity contribution in [2.45, 2.75) is 84.0 Å². The summed E-state index contributed by atoms with van der Waals surface area (Å²) in [5, 5.41) is 15.0. The topological polar surface area (TPSA) is 149 Å². The molecule has 57 heavy (non-hydrogen) atoms. The molecule has 1 N–H and O–H groups in total. The van der Waals surface area contributed by atoms with Gasteiger partial charge in [0.05, 0.1) is 11.3 Å². The maximum absolute atomic E-state index is 14.6. The molecule has 6 rings (SSSR count). The second-order valence-electron chi connectivity index (χ2n) is 16.6. The Labute approximate surface area is 338 Å². The zero-order chi connectivity index (χ0) is 40.9. The molecule has 3 atom stereocenters. The van der Waals surface area contributed by atoms with Crippen LogP contribution in [0.15, 0.2) is 85.2 Å². The lowest BCUT2D eigenvalue weighted by Crippen LogP contribution is -2.57. The molecule has 0 aliphatic carbocycles. The quantitative estimate of drug-likeness (QED) is 0.141. The van der Waals surface area contributed by atoms with Gasteiger partial charge in [0.1, 0.15) is 23.6 Å². The van der Waals surface area contributed by atoms with E-state index in [2.05, 4.69) is 20.8 Å². The fraction of sp³-hybridized carbons (Fsp3) is 0.419. The maximum Gasteiger partial charge on any atom is 0.410 e. The van der Waals surface area contributed by atoms with Gasteiger partial charge in [-0.05, 0) is 137 Å². The summed E-state index contributed by atoms with van der Waals surface area (Å²) in [7, 11) is 0. The Balaban J connectivity index is 1.31. The van der Waals surface area contributed by atoms with Crippen LogP contribution in [0.3, 0.4) is 0 Å². The van der Waals surface area contributed by atoms with Gasteiger partial charge < -0.3 is 24.6 Å². The largest absolute Gasteiger partial charge is 0.456 e. The van der Waals surface area contributed by atoms with Crippen LogP contribution in [0.4, 0.5) is 10.5 Å². The molecule has 300 valence electrons. The van der Waals surface area contributed by atoms with Crippen molar-refractivity contribution in [1.29, 1.82) is 0 Å². The van der Waals surface area contributed by atoms with Crippen LogP contribution in [0.25, 0.3) is 11.8 Å². The summed E-state index contributed by atoms with van der Waals surface area (Å²) in [4.78, 5) is 58.2. The second kappa shape index (κ2) is 17.3. The first-order valence-corrected chi connectivity index (χ1v) is 19.6. The molecule has 3 amide bonds. The minimum Gasteiger partial charge on any atom is -0.456 e. The Bertz CT molecular complexity index is 2070. The number of piperidine rings is 2. The molecule has 0 bridgehead atoms. The first-order valence-electron chi connectivity index (χ1n) is 19.2. The van der Waals surface area contributed by atoms with Crippen LogP contribution in [0, 0.1) is 11.8 Å². The zero-order valence-electron chi connectivity index (χ0n) is 33.2. The first-order chi connectivity index (χ1) is 27.0. The minimum absolute atomic E-state index is 0.0356. The van der Waals surface area contributed by atoms with E-state index in [4.69, 9.17) is 21.1 Å². The number of esters is 1. The number of aromatic nitrogens is 4. The highest BCUT2D eigenvalue weighted by Gasteiger charge is 2.45. The van der Waals surface area contributed by atoms with Crippen molar-refractivity contribution in [1.82, 2.24) is 30.0 Å². The van der Waals surface area contributed by atoms with Gasteiger partial charge in [-0.2, -0.15) is 4.68 Å². The van der Waals surface area contributed by atoms with E-state index in [1.165, 1.54) is 17.1 Å². The SMILES string of the molecule is CC(C)(C)OC(=O)c1ccc(NC(=O)C2C(c3ccccc3)CC(C3CCN(C(=O)OC(C)(C)C)CC3)CN2C(=O)C=Cc2cc(Cl)ccc2-n2cnnn2)cc1. The number of nitrogens with zero attached hydrogens (tertiary/aromatic N) is 6. The van der Waals surface area contributed by atoms with E-state index in [0.29, 0.717) is 53.6 Å². The number of likely N-dealkylation sites (tertiary alicyclic amines) is 2. The van der Waals surface area contributed by atoms with E-state index < -0.39 is 23.2 Å². The molecule has 2 saturated heterocycles. The monoisotopic (exact) mass is 795 g/mol. The minimum atomic E-state index is -0.883. The Morgan fingerprint density at radius 2 is 1.54 bits per heavy atom. The highest BCUT2D eigenvalue weighted by Crippen LogP contribution is 2.42. The average Bonchev–Trinajstić information content (AvgIpc) is 3.71. The third-order valence-electron chi connectivity index (χ3n) is 10.1. The molecule has 14 heteroatoms. The molecule has 3 unspecified atom stereocenters. The lowest BCUT2D eigenvalue weighted by atomic mass is 9.71. The van der Waals surface area contributed by atoms with Crippen molar-refractivity contribution < 1.29 is 28.7 Å². The number of ether oxygens (including phenoxy) is 2. The molecule has 3 aromatic carbocycles. The summed E-state index contributed by atoms with van der Waals surface area (Å²) in [5.41, 5.74) is 1.74. The van der Waals surface area contributed by atoms with Crippen molar-refractivity contribution >= 4 is 47.2 Å². The van der Waals surface area contributed by atoms with Gasteiger partial charge in [-0.15, -0.1) is 5.10 Å². The molecule has 0 spiro atoms. The number of anilines is 1. The van der Waals surface area contributed by atoms with Gasteiger partial charge in [0.15, 0.2) is 0 Å². The molecule has 0 radical (unpaired) electrons. The molecular weight excluding hydrogens is 746 g/mol. The standard InChI is InChI=1S/C43H50ClN7O6/c1-42(2,3)56-40(54)30-12-16-34(17-13-30)46-39(53)38-35(29-10-8-7-9-11-29)25-32(28-20-22-49(23-21-28)41(55)57-43(4,5)6)26-50(38)37(52)19-14-31-24-33(44)15-18-36(31)51-27-45-47-48-51/h7-19,24,27-28,32,35,38H,20-23,25-26H2,1-6H3,(H,46,53). The summed E-state index contributed by atoms with van der Waals surface area (Å²) in [5.74, 6) is -1.30. The number of hydrogen-bond acceptors (Lipinski definition) is 9. The zero-order valence-corrected chi connectivity index (χ0v) is 34.0. The van der Waals surface area contributed by atoms with Crippen LogP contribution >= 0.6 is 11.6 Å². The van der Waals surface area contributed by atoms with Gasteiger partial charge in [-0.25, -0.2) is 9.59 Å². The second-order valence-corrected chi connectivity index (χ2v) is 17.0. The van der Waals surface area contributed by atoms with Crippen LogP contribution in [-0.4, -0.2) is 90.8 Å². The number of nitrogens with one attached hydrogen (secondary N) is 1. The lowest BCUT2D eigenvalue weighted by Gasteiger charge is -2.47. The molecule has 13 nitrogen and oxygen atoms in total. The number of amides is 3. The molecule has 0 saturated carbocycles. The third kappa shape index (κ3) is 10.6. The first kappa shape index (κ1) is 41.1. The molecule has 1 aromatic heterocycles. The van der Waals surface area contributed by atoms with Gasteiger partial charge in [0, 0.05) is 47.9 Å². The maximum atomic E-state index is 14.6. The number of halogens is 1. The van der Waals surface area contributed by atoms with Crippen molar-refractivity contribution in [3.8, 4) is 5.69 Å². The molecule has 2 aliphatic rings. The van der Waals surface area contributed by atoms with Crippen LogP contribution < -0.4 is 5.32 Å². The van der Waals surface area contributed by atoms with Gasteiger partial charge in [0.25, 0.3) is 0 Å². The Morgan fingerprint density at radius 3 is 2.18 bits per heavy atom. The predicted octanol–water partition coefficient (Wildman–Crippen LogP) is 7.57. The van der Waals surface area contributed by atoms with E-state index in [0.717, 1.165) is 18.4 Å². The molecule has 2 fully saturated rings. The molecular formula is C43H50ClN7O6. The number of tetrazole rings is 1. The normalized spacial score (nSPS) is 19.3. The lowest BCUT2D eigenvalue weighted by molar-refractivity contribution is -0.139. The summed E-state index contributed by atoms with van der Waals surface area (Å²) in [6.45, 7) is 12.4. The smallest absolute Gasteiger partial charge is 0.410 e. The van der Waals surface area contributed by atoms with Crippen molar-refractivity contribution in [2.24, 2.45) is 11.8 Å². The van der Waals surface area contributed by atoms with Crippen molar-refractivity contribution in [3.05, 3.63) is 107 Å². The summed E-state index contributed by atoms with van der Waals surface area (Å²) in [6.07, 6.45) is 6.38. The molecule has 2 aliphatic heterocycles. The summed E-state index contributed by atoms with van der Waals surface area (Å²) >= 11 is 6.39. The van der Waals surface area contributed by atoms with Crippen molar-refractivity contribution in [2.75, 3.05) is 25.0 Å². The number of hydrogen-bond donors (Lipinski definition) is 1. The number of carbonyl (C=O) groups is 4. The van der Waals surface area contributed by atoms with Gasteiger partial charge in [0.2, 0.25) is 11.8 Å². The Morgan fingerprint density at radius 1 is 0.860 bits per heavy atom.